The van der Waals surface area contributed by atoms with Crippen LogP contribution in [-0.4, -0.2) is 11.3 Å². The van der Waals surface area contributed by atoms with Crippen molar-refractivity contribution >= 4 is 45.7 Å². The first kappa shape index (κ1) is 26.7. The summed E-state index contributed by atoms with van der Waals surface area (Å²) in [6.07, 6.45) is 12.7. The first-order valence-electron chi connectivity index (χ1n) is 9.06. The first-order chi connectivity index (χ1) is 11.3. The zero-order valence-electron chi connectivity index (χ0n) is 16.3. The van der Waals surface area contributed by atoms with Crippen molar-refractivity contribution in [2.24, 2.45) is 22.7 Å². The molecule has 2 fully saturated rings. The van der Waals surface area contributed by atoms with Crippen LogP contribution in [0.3, 0.4) is 0 Å². The van der Waals surface area contributed by atoms with Gasteiger partial charge < -0.3 is 5.48 Å². The molecule has 2 saturated carbocycles. The number of hydrogen-bond donors (Lipinski definition) is 0. The average molecular weight is 644 g/mol. The van der Waals surface area contributed by atoms with Gasteiger partial charge in [-0.25, -0.2) is 12.0 Å². The van der Waals surface area contributed by atoms with Crippen molar-refractivity contribution in [3.8, 4) is 0 Å². The van der Waals surface area contributed by atoms with Crippen molar-refractivity contribution in [3.05, 3.63) is 29.2 Å². The normalized spacial score (nSPS) is 33.6. The molecule has 0 aromatic carbocycles. The fourth-order valence-electron chi connectivity index (χ4n) is 5.72. The molecule has 0 bridgehead atoms. The Kier molecular flexibility index (Phi) is 11.1. The summed E-state index contributed by atoms with van der Waals surface area (Å²) < 4.78 is 0. The monoisotopic (exact) mass is 644 g/mol. The van der Waals surface area contributed by atoms with Crippen LogP contribution in [0.15, 0.2) is 22.8 Å². The third-order valence-corrected chi connectivity index (χ3v) is 7.49. The number of fused-ring (bicyclic) bond motifs is 4. The zero-order chi connectivity index (χ0) is 17.5. The van der Waals surface area contributed by atoms with E-state index in [1.54, 1.807) is 11.1 Å². The summed E-state index contributed by atoms with van der Waals surface area (Å²) in [6, 6.07) is 0. The van der Waals surface area contributed by atoms with Crippen molar-refractivity contribution in [2.75, 3.05) is 0 Å². The number of allylic oxidation sites excluding steroid dienone is 4. The molecule has 0 heterocycles. The Morgan fingerprint density at radius 2 is 1.81 bits per heavy atom. The molecule has 2 nitrogen and oxygen atoms in total. The maximum atomic E-state index is 11.7. The van der Waals surface area contributed by atoms with Gasteiger partial charge in [0.15, 0.2) is 5.78 Å². The van der Waals surface area contributed by atoms with E-state index in [1.165, 1.54) is 31.3 Å². The van der Waals surface area contributed by atoms with Crippen LogP contribution in [0.2, 0.25) is 0 Å². The van der Waals surface area contributed by atoms with Crippen LogP contribution >= 0.6 is 40.0 Å². The van der Waals surface area contributed by atoms with E-state index in [1.807, 2.05) is 6.08 Å². The predicted octanol–water partition coefficient (Wildman–Crippen LogP) is 3.63. The Morgan fingerprint density at radius 1 is 1.15 bits per heavy atom. The smallest absolute Gasteiger partial charge is 0.870 e. The van der Waals surface area contributed by atoms with Crippen LogP contribution in [0, 0.1) is 29.1 Å². The topological polar surface area (TPSA) is 47.1 Å². The molecule has 0 spiro atoms. The van der Waals surface area contributed by atoms with Gasteiger partial charge in [0.2, 0.25) is 0 Å². The van der Waals surface area contributed by atoms with Gasteiger partial charge >= 0.3 is 101 Å². The second-order valence-corrected chi connectivity index (χ2v) is 20.4. The van der Waals surface area contributed by atoms with E-state index in [4.69, 9.17) is 0 Å². The van der Waals surface area contributed by atoms with Gasteiger partial charge in [-0.1, -0.05) is 33.6 Å². The summed E-state index contributed by atoms with van der Waals surface area (Å²) in [6.45, 7) is 7.50. The number of carbonyl (C=O) groups is 1. The summed E-state index contributed by atoms with van der Waals surface area (Å²) in [4.78, 5) is 11.7. The van der Waals surface area contributed by atoms with Crippen LogP contribution in [0.1, 0.15) is 65.7 Å². The molecular weight excluding hydrogens is 616 g/mol. The SMILES string of the molecule is CC1(C)CCC2C3CCC4=CC(=O)CCC4=C3[CH-]CC21C.[I][V][I].[K+].[OH-]. The fraction of sp³-hybridized carbons (Fsp3) is 0.700. The maximum Gasteiger partial charge on any atom is 1.00 e. The van der Waals surface area contributed by atoms with Crippen molar-refractivity contribution in [3.63, 3.8) is 0 Å². The molecule has 0 saturated heterocycles. The largest absolute Gasteiger partial charge is 1.00 e. The maximum absolute atomic E-state index is 11.7. The van der Waals surface area contributed by atoms with Gasteiger partial charge in [-0.2, -0.15) is 5.57 Å². The molecule has 1 N–H and O–H groups in total. The third-order valence-electron chi connectivity index (χ3n) is 7.49. The minimum atomic E-state index is 0. The van der Waals surface area contributed by atoms with E-state index in [0.29, 0.717) is 26.1 Å². The number of ketones is 1. The third kappa shape index (κ3) is 4.93. The van der Waals surface area contributed by atoms with Gasteiger partial charge in [-0.3, -0.25) is 4.79 Å². The van der Waals surface area contributed by atoms with Gasteiger partial charge in [0.25, 0.3) is 0 Å². The number of rotatable bonds is 0. The molecule has 3 unspecified atom stereocenters. The number of halogens is 2. The standard InChI is InChI=1S/C20H27O.2HI.K.H2O.V/c1-19(2)10-9-18-17-6-4-13-12-14(21)5-7-15(13)16(17)8-11-20(18,19)3;;;;;/h8,12,17-18H,4-7,9-11H2,1-3H3;2*1H;;1H2;/q-1;;;+1;;+2/p-3. The van der Waals surface area contributed by atoms with Gasteiger partial charge in [0, 0.05) is 0 Å². The average Bonchev–Trinajstić information content (AvgIpc) is 2.78. The summed E-state index contributed by atoms with van der Waals surface area (Å²) in [5, 5.41) is 0. The molecule has 0 aromatic rings. The summed E-state index contributed by atoms with van der Waals surface area (Å²) in [5.74, 6) is 1.97. The van der Waals surface area contributed by atoms with Crippen molar-refractivity contribution in [1.82, 2.24) is 0 Å². The molecular formula is C20H28I2KO2V-. The Hall–Kier alpha value is 2.66. The van der Waals surface area contributed by atoms with Gasteiger partial charge in [0.1, 0.15) is 0 Å². The second kappa shape index (κ2) is 10.8. The number of carbonyl (C=O) groups excluding carboxylic acids is 1. The Morgan fingerprint density at radius 3 is 2.46 bits per heavy atom. The molecule has 4 aliphatic rings. The quantitative estimate of drug-likeness (QED) is 0.230. The molecule has 0 amide bonds. The van der Waals surface area contributed by atoms with E-state index >= 15 is 0 Å². The van der Waals surface area contributed by atoms with E-state index in [9.17, 15) is 4.79 Å². The van der Waals surface area contributed by atoms with Gasteiger partial charge in [-0.05, 0) is 60.8 Å². The summed E-state index contributed by atoms with van der Waals surface area (Å²) in [5.41, 5.74) is 5.52. The van der Waals surface area contributed by atoms with Crippen LogP contribution in [0.25, 0.3) is 0 Å². The van der Waals surface area contributed by atoms with Crippen LogP contribution < -0.4 is 51.4 Å². The minimum Gasteiger partial charge on any atom is -0.870 e. The van der Waals surface area contributed by atoms with E-state index in [-0.39, 0.29) is 56.9 Å². The Bertz CT molecular complexity index is 603. The van der Waals surface area contributed by atoms with Gasteiger partial charge in [-0.15, -0.1) is 5.57 Å². The van der Waals surface area contributed by atoms with Gasteiger partial charge in [0.05, 0.1) is 0 Å². The van der Waals surface area contributed by atoms with Crippen molar-refractivity contribution < 1.29 is 71.1 Å². The van der Waals surface area contributed by atoms with E-state index in [2.05, 4.69) is 67.1 Å². The minimum absolute atomic E-state index is 0. The van der Waals surface area contributed by atoms with E-state index in [0.717, 1.165) is 31.1 Å². The van der Waals surface area contributed by atoms with Crippen molar-refractivity contribution in [1.29, 1.82) is 0 Å². The molecule has 4 aliphatic carbocycles. The van der Waals surface area contributed by atoms with Crippen molar-refractivity contribution in [2.45, 2.75) is 65.7 Å². The molecule has 141 valence electrons. The molecule has 26 heavy (non-hydrogen) atoms. The Labute approximate surface area is 230 Å². The molecule has 4 rings (SSSR count). The van der Waals surface area contributed by atoms with Crippen LogP contribution in [-0.2, 0) is 14.3 Å². The molecule has 6 heteroatoms. The Balaban J connectivity index is 0.000000635. The summed E-state index contributed by atoms with van der Waals surface area (Å²) >= 11 is 4.74. The number of hydrogen-bond acceptors (Lipinski definition) is 2. The molecule has 0 aliphatic heterocycles. The predicted molar refractivity (Wildman–Crippen MR) is 116 cm³/mol. The second-order valence-electron chi connectivity index (χ2n) is 8.63. The summed E-state index contributed by atoms with van der Waals surface area (Å²) in [7, 11) is 0.628. The van der Waals surface area contributed by atoms with Crippen LogP contribution in [0.5, 0.6) is 0 Å². The molecule has 0 radical (unpaired) electrons. The molecule has 0 aromatic heterocycles. The fourth-order valence-corrected chi connectivity index (χ4v) is 5.72. The van der Waals surface area contributed by atoms with E-state index < -0.39 is 0 Å². The first-order valence-corrected chi connectivity index (χ1v) is 18.1. The molecule has 3 atom stereocenters. The van der Waals surface area contributed by atoms with Crippen LogP contribution in [0.4, 0.5) is 0 Å². The zero-order valence-corrected chi connectivity index (χ0v) is 25.2.